The van der Waals surface area contributed by atoms with Crippen LogP contribution in [-0.2, 0) is 10.0 Å². The summed E-state index contributed by atoms with van der Waals surface area (Å²) in [6.45, 7) is 1.84. The molecule has 0 unspecified atom stereocenters. The standard InChI is InChI=1S/C21H20ClN3O3S/c1-15-8-13-20(19(22)14-15)29(27,28)25(2)18-11-9-17(10-12-18)24-21(26)23-16-6-4-3-5-7-16/h3-14H,1-2H3,(H2,23,24,26). The van der Waals surface area contributed by atoms with Crippen molar-refractivity contribution in [2.45, 2.75) is 11.8 Å². The Morgan fingerprint density at radius 1 is 0.897 bits per heavy atom. The highest BCUT2D eigenvalue weighted by molar-refractivity contribution is 7.93. The van der Waals surface area contributed by atoms with Crippen LogP contribution < -0.4 is 14.9 Å². The molecule has 29 heavy (non-hydrogen) atoms. The van der Waals surface area contributed by atoms with Crippen LogP contribution in [0, 0.1) is 6.92 Å². The second-order valence-corrected chi connectivity index (χ2v) is 8.74. The Kier molecular flexibility index (Phi) is 6.10. The Bertz CT molecular complexity index is 1120. The SMILES string of the molecule is Cc1ccc(S(=O)(=O)N(C)c2ccc(NC(=O)Nc3ccccc3)cc2)c(Cl)c1. The molecule has 0 heterocycles. The molecule has 0 aliphatic carbocycles. The molecule has 0 spiro atoms. The number of urea groups is 1. The van der Waals surface area contributed by atoms with E-state index in [1.54, 1.807) is 48.5 Å². The maximum atomic E-state index is 12.9. The number of nitrogens with zero attached hydrogens (tertiary/aromatic N) is 1. The van der Waals surface area contributed by atoms with E-state index < -0.39 is 16.1 Å². The highest BCUT2D eigenvalue weighted by atomic mass is 35.5. The predicted octanol–water partition coefficient (Wildman–Crippen LogP) is 5.12. The van der Waals surface area contributed by atoms with Crippen LogP contribution in [-0.4, -0.2) is 21.5 Å². The van der Waals surface area contributed by atoms with Gasteiger partial charge >= 0.3 is 6.03 Å². The lowest BCUT2D eigenvalue weighted by atomic mass is 10.2. The maximum Gasteiger partial charge on any atom is 0.323 e. The monoisotopic (exact) mass is 429 g/mol. The summed E-state index contributed by atoms with van der Waals surface area (Å²) in [4.78, 5) is 12.1. The second-order valence-electron chi connectivity index (χ2n) is 6.40. The lowest BCUT2D eigenvalue weighted by Gasteiger charge is -2.20. The highest BCUT2D eigenvalue weighted by Gasteiger charge is 2.24. The fraction of sp³-hybridized carbons (Fsp3) is 0.0952. The van der Waals surface area contributed by atoms with Gasteiger partial charge in [0, 0.05) is 18.4 Å². The fourth-order valence-corrected chi connectivity index (χ4v) is 4.44. The molecule has 0 aliphatic rings. The molecule has 3 aromatic rings. The first-order valence-corrected chi connectivity index (χ1v) is 10.6. The Hall–Kier alpha value is -3.03. The van der Waals surface area contributed by atoms with Crippen molar-refractivity contribution in [2.24, 2.45) is 0 Å². The number of nitrogens with one attached hydrogen (secondary N) is 2. The van der Waals surface area contributed by atoms with Gasteiger partial charge in [-0.1, -0.05) is 35.9 Å². The van der Waals surface area contributed by atoms with E-state index in [-0.39, 0.29) is 9.92 Å². The van der Waals surface area contributed by atoms with Crippen LogP contribution in [0.15, 0.2) is 77.7 Å². The highest BCUT2D eigenvalue weighted by Crippen LogP contribution is 2.28. The zero-order valence-corrected chi connectivity index (χ0v) is 17.5. The van der Waals surface area contributed by atoms with Crippen molar-refractivity contribution in [2.75, 3.05) is 22.0 Å². The van der Waals surface area contributed by atoms with E-state index in [9.17, 15) is 13.2 Å². The number of halogens is 1. The van der Waals surface area contributed by atoms with Gasteiger partial charge in [-0.3, -0.25) is 4.31 Å². The summed E-state index contributed by atoms with van der Waals surface area (Å²) >= 11 is 6.13. The lowest BCUT2D eigenvalue weighted by Crippen LogP contribution is -2.27. The van der Waals surface area contributed by atoms with Gasteiger partial charge < -0.3 is 10.6 Å². The first-order chi connectivity index (χ1) is 13.8. The number of hydrogen-bond donors (Lipinski definition) is 2. The molecule has 0 radical (unpaired) electrons. The quantitative estimate of drug-likeness (QED) is 0.591. The number of anilines is 3. The van der Waals surface area contributed by atoms with Crippen LogP contribution in [0.5, 0.6) is 0 Å². The second kappa shape index (κ2) is 8.55. The third-order valence-electron chi connectivity index (χ3n) is 4.25. The first-order valence-electron chi connectivity index (χ1n) is 8.75. The fourth-order valence-electron chi connectivity index (χ4n) is 2.67. The summed E-state index contributed by atoms with van der Waals surface area (Å²) in [5, 5.41) is 5.59. The van der Waals surface area contributed by atoms with Gasteiger partial charge in [-0.05, 0) is 61.0 Å². The Balaban J connectivity index is 1.72. The van der Waals surface area contributed by atoms with Crippen LogP contribution in [0.4, 0.5) is 21.9 Å². The van der Waals surface area contributed by atoms with E-state index in [2.05, 4.69) is 10.6 Å². The van der Waals surface area contributed by atoms with Gasteiger partial charge in [0.05, 0.1) is 10.7 Å². The maximum absolute atomic E-state index is 12.9. The molecule has 0 saturated carbocycles. The molecule has 0 aliphatic heterocycles. The van der Waals surface area contributed by atoms with Crippen LogP contribution in [0.25, 0.3) is 0 Å². The minimum absolute atomic E-state index is 0.0386. The molecular formula is C21H20ClN3O3S. The molecule has 0 saturated heterocycles. The molecule has 3 aromatic carbocycles. The van der Waals surface area contributed by atoms with Crippen molar-refractivity contribution in [1.82, 2.24) is 0 Å². The Morgan fingerprint density at radius 3 is 2.07 bits per heavy atom. The predicted molar refractivity (Wildman–Crippen MR) is 117 cm³/mol. The minimum atomic E-state index is -3.81. The Labute approximate surface area is 175 Å². The molecule has 2 amide bonds. The van der Waals surface area contributed by atoms with Gasteiger partial charge in [0.25, 0.3) is 10.0 Å². The van der Waals surface area contributed by atoms with E-state index >= 15 is 0 Å². The summed E-state index contributed by atoms with van der Waals surface area (Å²) in [7, 11) is -2.36. The molecule has 2 N–H and O–H groups in total. The molecule has 0 bridgehead atoms. The Morgan fingerprint density at radius 2 is 1.48 bits per heavy atom. The van der Waals surface area contributed by atoms with E-state index in [1.165, 1.54) is 13.1 Å². The summed E-state index contributed by atoms with van der Waals surface area (Å²) < 4.78 is 26.9. The topological polar surface area (TPSA) is 78.5 Å². The summed E-state index contributed by atoms with van der Waals surface area (Å²) in [6.07, 6.45) is 0. The van der Waals surface area contributed by atoms with Crippen molar-refractivity contribution in [3.8, 4) is 0 Å². The van der Waals surface area contributed by atoms with Crippen LogP contribution in [0.3, 0.4) is 0 Å². The molecule has 6 nitrogen and oxygen atoms in total. The van der Waals surface area contributed by atoms with Crippen molar-refractivity contribution in [1.29, 1.82) is 0 Å². The zero-order chi connectivity index (χ0) is 21.0. The average Bonchev–Trinajstić information content (AvgIpc) is 2.68. The van der Waals surface area contributed by atoms with Gasteiger partial charge in [-0.15, -0.1) is 0 Å². The number of benzene rings is 3. The minimum Gasteiger partial charge on any atom is -0.308 e. The number of amides is 2. The van der Waals surface area contributed by atoms with Crippen molar-refractivity contribution in [3.63, 3.8) is 0 Å². The number of sulfonamides is 1. The van der Waals surface area contributed by atoms with E-state index in [0.717, 1.165) is 9.87 Å². The van der Waals surface area contributed by atoms with Crippen molar-refractivity contribution >= 4 is 44.7 Å². The van der Waals surface area contributed by atoms with Gasteiger partial charge in [0.15, 0.2) is 0 Å². The zero-order valence-electron chi connectivity index (χ0n) is 15.9. The third kappa shape index (κ3) is 4.88. The number of para-hydroxylation sites is 1. The van der Waals surface area contributed by atoms with Crippen molar-refractivity contribution in [3.05, 3.63) is 83.4 Å². The van der Waals surface area contributed by atoms with Crippen molar-refractivity contribution < 1.29 is 13.2 Å². The number of aryl methyl sites for hydroxylation is 1. The number of carbonyl (C=O) groups is 1. The molecule has 0 atom stereocenters. The molecule has 3 rings (SSSR count). The van der Waals surface area contributed by atoms with Gasteiger partial charge in [-0.25, -0.2) is 13.2 Å². The molecule has 0 fully saturated rings. The lowest BCUT2D eigenvalue weighted by molar-refractivity contribution is 0.262. The summed E-state index contributed by atoms with van der Waals surface area (Å²) in [6, 6.07) is 19.9. The number of carbonyl (C=O) groups excluding carboxylic acids is 1. The third-order valence-corrected chi connectivity index (χ3v) is 6.51. The van der Waals surface area contributed by atoms with Gasteiger partial charge in [0.2, 0.25) is 0 Å². The first kappa shape index (κ1) is 20.7. The smallest absolute Gasteiger partial charge is 0.308 e. The van der Waals surface area contributed by atoms with Gasteiger partial charge in [-0.2, -0.15) is 0 Å². The van der Waals surface area contributed by atoms with E-state index in [4.69, 9.17) is 11.6 Å². The number of hydrogen-bond acceptors (Lipinski definition) is 3. The largest absolute Gasteiger partial charge is 0.323 e. The molecule has 0 aromatic heterocycles. The molecule has 8 heteroatoms. The van der Waals surface area contributed by atoms with E-state index in [1.807, 2.05) is 25.1 Å². The average molecular weight is 430 g/mol. The van der Waals surface area contributed by atoms with Crippen LogP contribution in [0.2, 0.25) is 5.02 Å². The molecule has 150 valence electrons. The van der Waals surface area contributed by atoms with Crippen LogP contribution in [0.1, 0.15) is 5.56 Å². The number of rotatable bonds is 5. The summed E-state index contributed by atoms with van der Waals surface area (Å²) in [5.74, 6) is 0. The molecular weight excluding hydrogens is 410 g/mol. The summed E-state index contributed by atoms with van der Waals surface area (Å²) in [5.41, 5.74) is 2.51. The van der Waals surface area contributed by atoms with Crippen LogP contribution >= 0.6 is 11.6 Å². The van der Waals surface area contributed by atoms with E-state index in [0.29, 0.717) is 17.1 Å². The normalized spacial score (nSPS) is 11.0. The van der Waals surface area contributed by atoms with Gasteiger partial charge in [0.1, 0.15) is 4.90 Å².